The van der Waals surface area contributed by atoms with Crippen molar-refractivity contribution in [3.63, 3.8) is 0 Å². The summed E-state index contributed by atoms with van der Waals surface area (Å²) in [4.78, 5) is 0. The summed E-state index contributed by atoms with van der Waals surface area (Å²) in [7, 11) is 0. The number of phenols is 1. The molecule has 0 saturated heterocycles. The predicted molar refractivity (Wildman–Crippen MR) is 118 cm³/mol. The summed E-state index contributed by atoms with van der Waals surface area (Å²) < 4.78 is 5.80. The van der Waals surface area contributed by atoms with Crippen LogP contribution in [0.2, 0.25) is 0 Å². The molecule has 1 aromatic heterocycles. The van der Waals surface area contributed by atoms with E-state index in [1.54, 1.807) is 6.07 Å². The van der Waals surface area contributed by atoms with Crippen molar-refractivity contribution in [2.45, 2.75) is 31.6 Å². The molecule has 0 fully saturated rings. The zero-order valence-corrected chi connectivity index (χ0v) is 16.9. The Morgan fingerprint density at radius 1 is 0.900 bits per heavy atom. The Morgan fingerprint density at radius 2 is 1.60 bits per heavy atom. The standard InChI is InChI=1S/C27H25NO2/c29-26-13-7-12-22-16-19(14-15-24(22)26)17-23-18-25(28-30-23)27(20-8-3-1-4-9-20)21-10-5-2-6-11-21/h1-13,18-19,27,29H,14-17H2. The second kappa shape index (κ2) is 8.19. The molecule has 1 N–H and O–H groups in total. The van der Waals surface area contributed by atoms with Crippen LogP contribution >= 0.6 is 0 Å². The van der Waals surface area contributed by atoms with Gasteiger partial charge in [-0.3, -0.25) is 0 Å². The molecule has 0 amide bonds. The van der Waals surface area contributed by atoms with Gasteiger partial charge in [0, 0.05) is 12.5 Å². The van der Waals surface area contributed by atoms with Crippen LogP contribution in [0.15, 0.2) is 89.5 Å². The number of hydrogen-bond acceptors (Lipinski definition) is 3. The Balaban J connectivity index is 1.39. The van der Waals surface area contributed by atoms with Crippen LogP contribution in [0.4, 0.5) is 0 Å². The number of benzene rings is 3. The van der Waals surface area contributed by atoms with Crippen molar-refractivity contribution >= 4 is 0 Å². The molecule has 0 radical (unpaired) electrons. The van der Waals surface area contributed by atoms with Crippen molar-refractivity contribution in [1.29, 1.82) is 0 Å². The highest BCUT2D eigenvalue weighted by molar-refractivity contribution is 5.42. The molecule has 3 heteroatoms. The third kappa shape index (κ3) is 3.76. The summed E-state index contributed by atoms with van der Waals surface area (Å²) >= 11 is 0. The van der Waals surface area contributed by atoms with Gasteiger partial charge < -0.3 is 9.63 Å². The van der Waals surface area contributed by atoms with Crippen molar-refractivity contribution in [1.82, 2.24) is 5.16 Å². The topological polar surface area (TPSA) is 46.3 Å². The first kappa shape index (κ1) is 18.7. The van der Waals surface area contributed by atoms with Gasteiger partial charge >= 0.3 is 0 Å². The Labute approximate surface area is 177 Å². The number of hydrogen-bond donors (Lipinski definition) is 1. The van der Waals surface area contributed by atoms with Gasteiger partial charge in [-0.15, -0.1) is 0 Å². The summed E-state index contributed by atoms with van der Waals surface area (Å²) in [5.41, 5.74) is 5.75. The number of aromatic hydroxyl groups is 1. The minimum Gasteiger partial charge on any atom is -0.508 e. The van der Waals surface area contributed by atoms with Gasteiger partial charge in [-0.05, 0) is 53.5 Å². The first-order valence-electron chi connectivity index (χ1n) is 10.6. The van der Waals surface area contributed by atoms with Crippen molar-refractivity contribution in [3.05, 3.63) is 119 Å². The fraction of sp³-hybridized carbons (Fsp3) is 0.222. The molecule has 0 spiro atoms. The fourth-order valence-corrected chi connectivity index (χ4v) is 4.71. The van der Waals surface area contributed by atoms with Crippen LogP contribution in [0.5, 0.6) is 5.75 Å². The molecule has 5 rings (SSSR count). The highest BCUT2D eigenvalue weighted by Crippen LogP contribution is 2.35. The summed E-state index contributed by atoms with van der Waals surface area (Å²) in [5.74, 6) is 1.94. The van der Waals surface area contributed by atoms with Crippen LogP contribution in [-0.2, 0) is 19.3 Å². The lowest BCUT2D eigenvalue weighted by Gasteiger charge is -2.24. The molecule has 1 atom stereocenters. The van der Waals surface area contributed by atoms with E-state index < -0.39 is 0 Å². The highest BCUT2D eigenvalue weighted by Gasteiger charge is 2.24. The quantitative estimate of drug-likeness (QED) is 0.457. The number of fused-ring (bicyclic) bond motifs is 1. The van der Waals surface area contributed by atoms with E-state index in [4.69, 9.17) is 4.52 Å². The van der Waals surface area contributed by atoms with Gasteiger partial charge in [-0.2, -0.15) is 0 Å². The van der Waals surface area contributed by atoms with Crippen molar-refractivity contribution in [2.24, 2.45) is 5.92 Å². The van der Waals surface area contributed by atoms with E-state index in [0.29, 0.717) is 11.7 Å². The van der Waals surface area contributed by atoms with Crippen molar-refractivity contribution in [3.8, 4) is 5.75 Å². The average molecular weight is 396 g/mol. The minimum absolute atomic E-state index is 0.0638. The first-order valence-corrected chi connectivity index (χ1v) is 10.6. The molecule has 4 aromatic rings. The van der Waals surface area contributed by atoms with Gasteiger partial charge in [-0.1, -0.05) is 78.0 Å². The van der Waals surface area contributed by atoms with Gasteiger partial charge in [0.05, 0.1) is 11.6 Å². The zero-order chi connectivity index (χ0) is 20.3. The molecule has 1 aliphatic rings. The lowest BCUT2D eigenvalue weighted by Crippen LogP contribution is -2.16. The third-order valence-corrected chi connectivity index (χ3v) is 6.19. The van der Waals surface area contributed by atoms with E-state index in [2.05, 4.69) is 65.8 Å². The summed E-state index contributed by atoms with van der Waals surface area (Å²) in [6.45, 7) is 0. The van der Waals surface area contributed by atoms with Gasteiger partial charge in [0.15, 0.2) is 0 Å². The predicted octanol–water partition coefficient (Wildman–Crippen LogP) is 5.91. The van der Waals surface area contributed by atoms with E-state index in [-0.39, 0.29) is 5.92 Å². The minimum atomic E-state index is 0.0638. The summed E-state index contributed by atoms with van der Waals surface area (Å²) in [6, 6.07) is 28.9. The number of nitrogens with zero attached hydrogens (tertiary/aromatic N) is 1. The maximum atomic E-state index is 10.1. The summed E-state index contributed by atoms with van der Waals surface area (Å²) in [5, 5.41) is 14.6. The smallest absolute Gasteiger partial charge is 0.137 e. The zero-order valence-electron chi connectivity index (χ0n) is 16.9. The number of phenolic OH excluding ortho intramolecular Hbond substituents is 1. The second-order valence-corrected chi connectivity index (χ2v) is 8.20. The largest absolute Gasteiger partial charge is 0.508 e. The molecule has 0 saturated carbocycles. The molecule has 150 valence electrons. The molecule has 1 aliphatic carbocycles. The molecule has 0 bridgehead atoms. The highest BCUT2D eigenvalue weighted by atomic mass is 16.5. The second-order valence-electron chi connectivity index (χ2n) is 8.20. The molecule has 3 nitrogen and oxygen atoms in total. The molecule has 3 aromatic carbocycles. The molecular formula is C27H25NO2. The summed E-state index contributed by atoms with van der Waals surface area (Å²) in [6.07, 6.45) is 3.82. The first-order chi connectivity index (χ1) is 14.8. The van der Waals surface area contributed by atoms with E-state index in [1.807, 2.05) is 18.2 Å². The van der Waals surface area contributed by atoms with Crippen LogP contribution in [0, 0.1) is 5.92 Å². The van der Waals surface area contributed by atoms with Gasteiger partial charge in [0.1, 0.15) is 11.5 Å². The lowest BCUT2D eigenvalue weighted by atomic mass is 9.81. The van der Waals surface area contributed by atoms with Crippen LogP contribution in [0.25, 0.3) is 0 Å². The normalized spacial score (nSPS) is 15.8. The van der Waals surface area contributed by atoms with Crippen molar-refractivity contribution < 1.29 is 9.63 Å². The molecule has 1 unspecified atom stereocenters. The molecule has 0 aliphatic heterocycles. The van der Waals surface area contributed by atoms with Crippen LogP contribution in [0.3, 0.4) is 0 Å². The van der Waals surface area contributed by atoms with Gasteiger partial charge in [0.25, 0.3) is 0 Å². The van der Waals surface area contributed by atoms with E-state index in [9.17, 15) is 5.11 Å². The SMILES string of the molecule is Oc1cccc2c1CCC(Cc1cc(C(c3ccccc3)c3ccccc3)no1)C2. The molecule has 30 heavy (non-hydrogen) atoms. The third-order valence-electron chi connectivity index (χ3n) is 6.19. The van der Waals surface area contributed by atoms with E-state index >= 15 is 0 Å². The number of aromatic nitrogens is 1. The Hall–Kier alpha value is -3.33. The molecular weight excluding hydrogens is 370 g/mol. The Kier molecular flexibility index (Phi) is 5.10. The monoisotopic (exact) mass is 395 g/mol. The van der Waals surface area contributed by atoms with Crippen molar-refractivity contribution in [2.75, 3.05) is 0 Å². The maximum absolute atomic E-state index is 10.1. The van der Waals surface area contributed by atoms with Gasteiger partial charge in [-0.25, -0.2) is 0 Å². The van der Waals surface area contributed by atoms with Crippen LogP contribution in [0.1, 0.15) is 46.0 Å². The maximum Gasteiger partial charge on any atom is 0.137 e. The van der Waals surface area contributed by atoms with E-state index in [0.717, 1.165) is 42.7 Å². The Bertz CT molecular complexity index is 1080. The number of rotatable bonds is 5. The van der Waals surface area contributed by atoms with Crippen LogP contribution in [-0.4, -0.2) is 10.3 Å². The lowest BCUT2D eigenvalue weighted by molar-refractivity contribution is 0.339. The molecule has 1 heterocycles. The van der Waals surface area contributed by atoms with Crippen LogP contribution < -0.4 is 0 Å². The average Bonchev–Trinajstić information content (AvgIpc) is 3.23. The fourth-order valence-electron chi connectivity index (χ4n) is 4.71. The Morgan fingerprint density at radius 3 is 2.30 bits per heavy atom. The van der Waals surface area contributed by atoms with Gasteiger partial charge in [0.2, 0.25) is 0 Å². The van der Waals surface area contributed by atoms with E-state index in [1.165, 1.54) is 16.7 Å².